The number of carbonyl (C=O) groups is 1. The number of likely N-dealkylation sites (tertiary alicyclic amines) is 1. The van der Waals surface area contributed by atoms with E-state index in [1.807, 2.05) is 25.7 Å². The van der Waals surface area contributed by atoms with E-state index in [0.717, 1.165) is 38.9 Å². The number of aliphatic hydroxyl groups is 1. The second-order valence-electron chi connectivity index (χ2n) is 8.45. The van der Waals surface area contributed by atoms with E-state index in [9.17, 15) is 9.90 Å². The van der Waals surface area contributed by atoms with Crippen LogP contribution in [0.3, 0.4) is 0 Å². The van der Waals surface area contributed by atoms with Gasteiger partial charge in [0.2, 0.25) is 0 Å². The maximum Gasteiger partial charge on any atom is 0.410 e. The molecule has 0 spiro atoms. The van der Waals surface area contributed by atoms with Gasteiger partial charge in [-0.1, -0.05) is 13.8 Å². The zero-order chi connectivity index (χ0) is 16.5. The molecule has 1 aliphatic carbocycles. The highest BCUT2D eigenvalue weighted by Gasteiger charge is 2.46. The zero-order valence-corrected chi connectivity index (χ0v) is 14.7. The van der Waals surface area contributed by atoms with Crippen LogP contribution >= 0.6 is 0 Å². The summed E-state index contributed by atoms with van der Waals surface area (Å²) in [6.45, 7) is 12.5. The van der Waals surface area contributed by atoms with Crippen LogP contribution in [0.5, 0.6) is 0 Å². The number of hydrogen-bond donors (Lipinski definition) is 2. The van der Waals surface area contributed by atoms with Crippen molar-refractivity contribution in [3.63, 3.8) is 0 Å². The number of nitrogens with zero attached hydrogens (tertiary/aromatic N) is 1. The Morgan fingerprint density at radius 2 is 2.09 bits per heavy atom. The van der Waals surface area contributed by atoms with Crippen molar-refractivity contribution in [1.82, 2.24) is 10.2 Å². The maximum absolute atomic E-state index is 12.0. The lowest BCUT2D eigenvalue weighted by Crippen LogP contribution is -2.60. The van der Waals surface area contributed by atoms with Gasteiger partial charge in [-0.3, -0.25) is 0 Å². The summed E-state index contributed by atoms with van der Waals surface area (Å²) >= 11 is 0. The summed E-state index contributed by atoms with van der Waals surface area (Å²) in [6, 6.07) is 0.408. The summed E-state index contributed by atoms with van der Waals surface area (Å²) in [5, 5.41) is 13.3. The van der Waals surface area contributed by atoms with E-state index in [-0.39, 0.29) is 17.6 Å². The Labute approximate surface area is 134 Å². The normalized spacial score (nSPS) is 31.0. The van der Waals surface area contributed by atoms with E-state index in [0.29, 0.717) is 12.0 Å². The zero-order valence-electron chi connectivity index (χ0n) is 14.7. The molecule has 1 aliphatic heterocycles. The fourth-order valence-corrected chi connectivity index (χ4v) is 3.27. The van der Waals surface area contributed by atoms with E-state index < -0.39 is 5.60 Å². The lowest BCUT2D eigenvalue weighted by atomic mass is 9.64. The molecule has 1 heterocycles. The molecule has 22 heavy (non-hydrogen) atoms. The average Bonchev–Trinajstić information content (AvgIpc) is 2.85. The number of carbonyl (C=O) groups excluding carboxylic acids is 1. The molecule has 1 amide bonds. The van der Waals surface area contributed by atoms with Crippen LogP contribution < -0.4 is 5.32 Å². The Morgan fingerprint density at radius 1 is 1.41 bits per heavy atom. The van der Waals surface area contributed by atoms with Crippen molar-refractivity contribution < 1.29 is 14.6 Å². The van der Waals surface area contributed by atoms with Crippen LogP contribution in [0.4, 0.5) is 4.79 Å². The Kier molecular flexibility index (Phi) is 5.07. The molecule has 2 aliphatic rings. The van der Waals surface area contributed by atoms with Gasteiger partial charge in [0, 0.05) is 24.5 Å². The highest BCUT2D eigenvalue weighted by atomic mass is 16.6. The molecular formula is C17H32N2O3. The van der Waals surface area contributed by atoms with Crippen LogP contribution in [0.2, 0.25) is 0 Å². The van der Waals surface area contributed by atoms with Crippen LogP contribution in [0.1, 0.15) is 53.9 Å². The lowest BCUT2D eigenvalue weighted by molar-refractivity contribution is -0.0724. The first kappa shape index (κ1) is 17.5. The van der Waals surface area contributed by atoms with Gasteiger partial charge in [0.25, 0.3) is 0 Å². The summed E-state index contributed by atoms with van der Waals surface area (Å²) in [5.74, 6) is 0.549. The van der Waals surface area contributed by atoms with Crippen molar-refractivity contribution in [2.45, 2.75) is 71.6 Å². The molecule has 0 aromatic rings. The third-order valence-corrected chi connectivity index (χ3v) is 5.10. The number of nitrogens with one attached hydrogen (secondary N) is 1. The number of ether oxygens (including phenoxy) is 1. The van der Waals surface area contributed by atoms with E-state index in [2.05, 4.69) is 19.2 Å². The van der Waals surface area contributed by atoms with Crippen LogP contribution in [-0.2, 0) is 4.74 Å². The van der Waals surface area contributed by atoms with Crippen LogP contribution in [0, 0.1) is 11.3 Å². The fraction of sp³-hybridized carbons (Fsp3) is 0.941. The van der Waals surface area contributed by atoms with E-state index in [1.165, 1.54) is 0 Å². The molecule has 3 atom stereocenters. The maximum atomic E-state index is 12.0. The average molecular weight is 312 g/mol. The first-order valence-electron chi connectivity index (χ1n) is 8.49. The Bertz CT molecular complexity index is 403. The number of amides is 1. The molecule has 1 saturated carbocycles. The smallest absolute Gasteiger partial charge is 0.410 e. The van der Waals surface area contributed by atoms with Gasteiger partial charge in [0.05, 0.1) is 6.10 Å². The minimum atomic E-state index is -0.423. The van der Waals surface area contributed by atoms with Gasteiger partial charge < -0.3 is 20.1 Å². The third-order valence-electron chi connectivity index (χ3n) is 5.10. The Hall–Kier alpha value is -0.810. The summed E-state index contributed by atoms with van der Waals surface area (Å²) in [5.41, 5.74) is -0.439. The predicted octanol–water partition coefficient (Wildman–Crippen LogP) is 2.38. The second-order valence-corrected chi connectivity index (χ2v) is 8.45. The van der Waals surface area contributed by atoms with Gasteiger partial charge >= 0.3 is 6.09 Å². The minimum Gasteiger partial charge on any atom is -0.444 e. The largest absolute Gasteiger partial charge is 0.444 e. The van der Waals surface area contributed by atoms with Gasteiger partial charge in [-0.05, 0) is 52.5 Å². The molecule has 0 aromatic carbocycles. The molecular weight excluding hydrogens is 280 g/mol. The van der Waals surface area contributed by atoms with Crippen molar-refractivity contribution in [3.8, 4) is 0 Å². The van der Waals surface area contributed by atoms with Crippen molar-refractivity contribution in [1.29, 1.82) is 0 Å². The molecule has 1 saturated heterocycles. The van der Waals surface area contributed by atoms with Crippen molar-refractivity contribution >= 4 is 6.09 Å². The topological polar surface area (TPSA) is 61.8 Å². The summed E-state index contributed by atoms with van der Waals surface area (Å²) in [4.78, 5) is 13.9. The van der Waals surface area contributed by atoms with Gasteiger partial charge in [0.1, 0.15) is 5.60 Å². The molecule has 5 heteroatoms. The highest BCUT2D eigenvalue weighted by Crippen LogP contribution is 2.40. The standard InChI is InChI=1S/C17H32N2O3/c1-16(2,3)22-15(21)19-9-7-12(11-19)6-8-18-13-10-14(20)17(13,4)5/h12-14,18,20H,6-11H2,1-5H3. The van der Waals surface area contributed by atoms with E-state index >= 15 is 0 Å². The van der Waals surface area contributed by atoms with Crippen molar-refractivity contribution in [2.24, 2.45) is 11.3 Å². The molecule has 2 N–H and O–H groups in total. The summed E-state index contributed by atoms with van der Waals surface area (Å²) in [6.07, 6.45) is 2.60. The van der Waals surface area contributed by atoms with Crippen LogP contribution in [0.25, 0.3) is 0 Å². The molecule has 2 rings (SSSR count). The molecule has 128 valence electrons. The Morgan fingerprint density at radius 3 is 2.64 bits per heavy atom. The molecule has 2 fully saturated rings. The van der Waals surface area contributed by atoms with Crippen molar-refractivity contribution in [2.75, 3.05) is 19.6 Å². The van der Waals surface area contributed by atoms with Gasteiger partial charge in [-0.25, -0.2) is 4.79 Å². The number of aliphatic hydroxyl groups excluding tert-OH is 1. The SMILES string of the molecule is CC(C)(C)OC(=O)N1CCC(CCNC2CC(O)C2(C)C)C1. The van der Waals surface area contributed by atoms with E-state index in [1.54, 1.807) is 0 Å². The molecule has 0 bridgehead atoms. The third kappa shape index (κ3) is 4.13. The Balaban J connectivity index is 1.66. The predicted molar refractivity (Wildman–Crippen MR) is 86.7 cm³/mol. The van der Waals surface area contributed by atoms with Crippen LogP contribution in [-0.4, -0.2) is 53.5 Å². The van der Waals surface area contributed by atoms with Crippen LogP contribution in [0.15, 0.2) is 0 Å². The van der Waals surface area contributed by atoms with Gasteiger partial charge in [0.15, 0.2) is 0 Å². The second kappa shape index (κ2) is 6.36. The monoisotopic (exact) mass is 312 g/mol. The summed E-state index contributed by atoms with van der Waals surface area (Å²) < 4.78 is 5.42. The molecule has 0 radical (unpaired) electrons. The first-order chi connectivity index (χ1) is 10.1. The lowest BCUT2D eigenvalue weighted by Gasteiger charge is -2.49. The molecule has 0 aromatic heterocycles. The quantitative estimate of drug-likeness (QED) is 0.837. The fourth-order valence-electron chi connectivity index (χ4n) is 3.27. The first-order valence-corrected chi connectivity index (χ1v) is 8.49. The summed E-state index contributed by atoms with van der Waals surface area (Å²) in [7, 11) is 0. The minimum absolute atomic E-state index is 0.0156. The number of rotatable bonds is 4. The van der Waals surface area contributed by atoms with Gasteiger partial charge in [-0.15, -0.1) is 0 Å². The van der Waals surface area contributed by atoms with Crippen molar-refractivity contribution in [3.05, 3.63) is 0 Å². The molecule has 5 nitrogen and oxygen atoms in total. The van der Waals surface area contributed by atoms with Gasteiger partial charge in [-0.2, -0.15) is 0 Å². The number of hydrogen-bond acceptors (Lipinski definition) is 4. The highest BCUT2D eigenvalue weighted by molar-refractivity contribution is 5.68. The van der Waals surface area contributed by atoms with E-state index in [4.69, 9.17) is 4.74 Å². The molecule has 3 unspecified atom stereocenters.